The first kappa shape index (κ1) is 25.0. The third kappa shape index (κ3) is 4.60. The molecule has 0 aliphatic heterocycles. The third-order valence-electron chi connectivity index (χ3n) is 6.75. The van der Waals surface area contributed by atoms with Crippen molar-refractivity contribution in [2.75, 3.05) is 0 Å². The van der Waals surface area contributed by atoms with Gasteiger partial charge in [-0.25, -0.2) is 10.1 Å². The number of hydrogen-bond acceptors (Lipinski definition) is 2. The van der Waals surface area contributed by atoms with Gasteiger partial charge in [0.25, 0.3) is 5.70 Å². The fourth-order valence-electron chi connectivity index (χ4n) is 5.07. The van der Waals surface area contributed by atoms with Crippen LogP contribution in [-0.4, -0.2) is 0 Å². The second-order valence-corrected chi connectivity index (χ2v) is 9.02. The summed E-state index contributed by atoms with van der Waals surface area (Å²) in [6.45, 7) is 9.61. The number of nitriles is 2. The van der Waals surface area contributed by atoms with Crippen LogP contribution in [0.3, 0.4) is 0 Å². The minimum absolute atomic E-state index is 0.0248. The molecule has 4 aromatic carbocycles. The Morgan fingerprint density at radius 1 is 0.513 bits per heavy atom. The van der Waals surface area contributed by atoms with Crippen LogP contribution >= 0.6 is 0 Å². The van der Waals surface area contributed by atoms with E-state index < -0.39 is 0 Å². The van der Waals surface area contributed by atoms with Crippen LogP contribution in [0, 0.1) is 29.2 Å². The van der Waals surface area contributed by atoms with Gasteiger partial charge in [-0.2, -0.15) is 5.26 Å². The molecule has 0 spiro atoms. The van der Waals surface area contributed by atoms with Gasteiger partial charge in [-0.05, 0) is 57.0 Å². The standard InChI is InChI=1S/C36H23N3/c1-25(23-37)31-34(30(24-38)39-2)36(33(28-19-11-5-12-20-28)29-21-13-6-14-22-29)35(31)32(26-15-7-3-8-16-26)27-17-9-4-10-18-27/h3-22H,1H3/b31-25-,34-30-. The number of hydrogen-bond donors (Lipinski definition) is 0. The second kappa shape index (κ2) is 11.1. The van der Waals surface area contributed by atoms with Gasteiger partial charge in [-0.15, -0.1) is 0 Å². The Hall–Kier alpha value is -5.69. The number of nitrogens with zero attached hydrogens (tertiary/aromatic N) is 3. The molecule has 3 nitrogen and oxygen atoms in total. The molecule has 182 valence electrons. The first-order valence-corrected chi connectivity index (χ1v) is 12.5. The third-order valence-corrected chi connectivity index (χ3v) is 6.75. The predicted octanol–water partition coefficient (Wildman–Crippen LogP) is 8.54. The molecule has 0 aromatic heterocycles. The van der Waals surface area contributed by atoms with E-state index in [2.05, 4.69) is 41.2 Å². The highest BCUT2D eigenvalue weighted by atomic mass is 14.7. The summed E-state index contributed by atoms with van der Waals surface area (Å²) in [5.74, 6) is 0. The maximum atomic E-state index is 10.1. The molecule has 1 aliphatic rings. The molecule has 0 radical (unpaired) electrons. The molecule has 1 aliphatic carbocycles. The molecule has 0 saturated heterocycles. The molecule has 3 heteroatoms. The number of rotatable bonds is 4. The summed E-state index contributed by atoms with van der Waals surface area (Å²) in [7, 11) is 0. The highest BCUT2D eigenvalue weighted by Crippen LogP contribution is 2.56. The fraction of sp³-hybridized carbons (Fsp3) is 0.0278. The van der Waals surface area contributed by atoms with Crippen molar-refractivity contribution in [1.29, 1.82) is 10.5 Å². The van der Waals surface area contributed by atoms with Gasteiger partial charge in [0.1, 0.15) is 0 Å². The fourth-order valence-corrected chi connectivity index (χ4v) is 5.07. The molecular formula is C36H23N3. The Morgan fingerprint density at radius 3 is 1.13 bits per heavy atom. The van der Waals surface area contributed by atoms with Crippen LogP contribution in [0.2, 0.25) is 0 Å². The summed E-state index contributed by atoms with van der Waals surface area (Å²) in [4.78, 5) is 3.62. The van der Waals surface area contributed by atoms with E-state index >= 15 is 0 Å². The van der Waals surface area contributed by atoms with Gasteiger partial charge >= 0.3 is 0 Å². The van der Waals surface area contributed by atoms with E-state index in [4.69, 9.17) is 6.57 Å². The van der Waals surface area contributed by atoms with Crippen molar-refractivity contribution in [3.8, 4) is 12.1 Å². The zero-order valence-electron chi connectivity index (χ0n) is 21.4. The Balaban J connectivity index is 2.07. The van der Waals surface area contributed by atoms with Crippen molar-refractivity contribution in [1.82, 2.24) is 0 Å². The number of benzene rings is 4. The molecule has 39 heavy (non-hydrogen) atoms. The SMILES string of the molecule is [C-]#[N+]/C(C#N)=C1\C(=C(c2ccccc2)c2ccccc2)C(=C(c2ccccc2)c2ccccc2)\C1=C(\C)C#N. The molecule has 0 atom stereocenters. The van der Waals surface area contributed by atoms with E-state index in [9.17, 15) is 10.5 Å². The van der Waals surface area contributed by atoms with E-state index in [-0.39, 0.29) is 5.70 Å². The van der Waals surface area contributed by atoms with Crippen LogP contribution in [0.15, 0.2) is 155 Å². The molecule has 0 heterocycles. The van der Waals surface area contributed by atoms with Gasteiger partial charge in [0.15, 0.2) is 0 Å². The highest BCUT2D eigenvalue weighted by molar-refractivity contribution is 6.05. The van der Waals surface area contributed by atoms with Gasteiger partial charge < -0.3 is 0 Å². The maximum Gasteiger partial charge on any atom is 0.270 e. The summed E-state index contributed by atoms with van der Waals surface area (Å²) in [5, 5.41) is 20.2. The lowest BCUT2D eigenvalue weighted by Crippen LogP contribution is -2.21. The molecule has 5 rings (SSSR count). The van der Waals surface area contributed by atoms with Gasteiger partial charge in [0, 0.05) is 11.1 Å². The quantitative estimate of drug-likeness (QED) is 0.209. The summed E-state index contributed by atoms with van der Waals surface area (Å²) >= 11 is 0. The minimum atomic E-state index is -0.0248. The summed E-state index contributed by atoms with van der Waals surface area (Å²) in [6, 6.07) is 44.6. The van der Waals surface area contributed by atoms with Crippen molar-refractivity contribution in [2.45, 2.75) is 6.92 Å². The summed E-state index contributed by atoms with van der Waals surface area (Å²) in [6.07, 6.45) is 0. The maximum absolute atomic E-state index is 10.1. The van der Waals surface area contributed by atoms with Gasteiger partial charge in [0.2, 0.25) is 0 Å². The average molecular weight is 498 g/mol. The smallest absolute Gasteiger partial charge is 0.226 e. The molecule has 1 fully saturated rings. The van der Waals surface area contributed by atoms with Gasteiger partial charge in [-0.3, -0.25) is 0 Å². The van der Waals surface area contributed by atoms with Crippen LogP contribution in [-0.2, 0) is 0 Å². The van der Waals surface area contributed by atoms with E-state index in [1.54, 1.807) is 6.92 Å². The lowest BCUT2D eigenvalue weighted by atomic mass is 9.64. The van der Waals surface area contributed by atoms with Crippen LogP contribution in [0.4, 0.5) is 0 Å². The molecule has 0 N–H and O–H groups in total. The second-order valence-electron chi connectivity index (χ2n) is 9.02. The van der Waals surface area contributed by atoms with Crippen LogP contribution in [0.1, 0.15) is 29.2 Å². The first-order chi connectivity index (χ1) is 19.2. The molecule has 4 aromatic rings. The lowest BCUT2D eigenvalue weighted by Gasteiger charge is -2.37. The van der Waals surface area contributed by atoms with Crippen molar-refractivity contribution >= 4 is 11.1 Å². The average Bonchev–Trinajstić information content (AvgIpc) is 3.00. The Morgan fingerprint density at radius 2 is 0.846 bits per heavy atom. The summed E-state index contributed by atoms with van der Waals surface area (Å²) in [5.41, 5.74) is 9.03. The number of allylic oxidation sites excluding steroid dienone is 6. The van der Waals surface area contributed by atoms with Gasteiger partial charge in [0.05, 0.1) is 18.7 Å². The zero-order chi connectivity index (χ0) is 27.2. The Labute approximate surface area is 229 Å². The molecular weight excluding hydrogens is 474 g/mol. The van der Waals surface area contributed by atoms with Crippen molar-refractivity contribution < 1.29 is 0 Å². The molecule has 0 unspecified atom stereocenters. The normalized spacial score (nSPS) is 14.7. The topological polar surface area (TPSA) is 51.9 Å². The highest BCUT2D eigenvalue weighted by Gasteiger charge is 2.40. The van der Waals surface area contributed by atoms with Crippen molar-refractivity contribution in [2.24, 2.45) is 0 Å². The molecule has 1 saturated carbocycles. The first-order valence-electron chi connectivity index (χ1n) is 12.5. The Kier molecular flexibility index (Phi) is 7.14. The van der Waals surface area contributed by atoms with Crippen LogP contribution in [0.5, 0.6) is 0 Å². The molecule has 0 bridgehead atoms. The minimum Gasteiger partial charge on any atom is -0.226 e. The lowest BCUT2D eigenvalue weighted by molar-refractivity contribution is 1.17. The predicted molar refractivity (Wildman–Crippen MR) is 155 cm³/mol. The van der Waals surface area contributed by atoms with Crippen molar-refractivity contribution in [3.63, 3.8) is 0 Å². The van der Waals surface area contributed by atoms with E-state index in [1.165, 1.54) is 0 Å². The largest absolute Gasteiger partial charge is 0.270 e. The summed E-state index contributed by atoms with van der Waals surface area (Å²) < 4.78 is 0. The van der Waals surface area contributed by atoms with Crippen LogP contribution < -0.4 is 0 Å². The zero-order valence-corrected chi connectivity index (χ0v) is 21.4. The van der Waals surface area contributed by atoms with Gasteiger partial charge in [-0.1, -0.05) is 121 Å². The van der Waals surface area contributed by atoms with Crippen molar-refractivity contribution in [3.05, 3.63) is 189 Å². The van der Waals surface area contributed by atoms with E-state index in [0.717, 1.165) is 44.5 Å². The van der Waals surface area contributed by atoms with E-state index in [1.807, 2.05) is 97.1 Å². The monoisotopic (exact) mass is 497 g/mol. The van der Waals surface area contributed by atoms with E-state index in [0.29, 0.717) is 16.7 Å². The van der Waals surface area contributed by atoms with Crippen LogP contribution in [0.25, 0.3) is 16.0 Å². The molecule has 0 amide bonds. The Bertz CT molecular complexity index is 1690.